The van der Waals surface area contributed by atoms with E-state index in [2.05, 4.69) is 9.97 Å². The molecule has 0 saturated carbocycles. The Morgan fingerprint density at radius 2 is 2.33 bits per heavy atom. The van der Waals surface area contributed by atoms with Crippen LogP contribution in [-0.2, 0) is 32.7 Å². The summed E-state index contributed by atoms with van der Waals surface area (Å²) in [6.45, 7) is 5.16. The number of nitrogens with zero attached hydrogens (tertiary/aromatic N) is 2. The number of aliphatic hydroxyl groups is 1. The van der Waals surface area contributed by atoms with Crippen LogP contribution in [0.1, 0.15) is 5.69 Å². The Bertz CT molecular complexity index is 272. The number of hydrogen-bond donors (Lipinski definition) is 1. The third-order valence-corrected chi connectivity index (χ3v) is 1.13. The Hall–Kier alpha value is -0.536. The van der Waals surface area contributed by atoms with Gasteiger partial charge in [0.05, 0.1) is 0 Å². The maximum Gasteiger partial charge on any atom is 0.0425 e. The summed E-state index contributed by atoms with van der Waals surface area (Å²) in [5.74, 6) is 0. The molecule has 1 aromatic heterocycles. The van der Waals surface area contributed by atoms with Gasteiger partial charge >= 0.3 is 0 Å². The predicted octanol–water partition coefficient (Wildman–Crippen LogP) is 1.17. The first-order valence-electron chi connectivity index (χ1n) is 2.97. The maximum absolute atomic E-state index is 8.51. The van der Waals surface area contributed by atoms with Gasteiger partial charge in [-0.15, -0.1) is 12.0 Å². The Labute approximate surface area is 96.1 Å². The molecule has 1 radical (unpaired) electrons. The van der Waals surface area contributed by atoms with E-state index in [1.54, 1.807) is 0 Å². The molecule has 12 heavy (non-hydrogen) atoms. The van der Waals surface area contributed by atoms with E-state index < -0.39 is 0 Å². The quantitative estimate of drug-likeness (QED) is 0.475. The predicted molar refractivity (Wildman–Crippen MR) is 40.2 cm³/mol. The van der Waals surface area contributed by atoms with Crippen LogP contribution in [0.25, 0.3) is 5.57 Å². The second-order valence-corrected chi connectivity index (χ2v) is 1.78. The normalized spacial score (nSPS) is 10.2. The van der Waals surface area contributed by atoms with Crippen LogP contribution in [0, 0.1) is 12.8 Å². The monoisotopic (exact) mass is 235 g/mol. The number of rotatable bonds is 2. The molecule has 0 atom stereocenters. The van der Waals surface area contributed by atoms with Crippen LogP contribution in [-0.4, -0.2) is 15.1 Å². The Balaban J connectivity index is 0.00000121. The zero-order chi connectivity index (χ0) is 8.10. The third kappa shape index (κ3) is 2.84. The minimum atomic E-state index is 0. The van der Waals surface area contributed by atoms with Crippen LogP contribution in [0.15, 0.2) is 24.7 Å². The summed E-state index contributed by atoms with van der Waals surface area (Å²) < 4.78 is 0. The number of aliphatic hydroxyl groups excluding tert-OH is 1. The topological polar surface area (TPSA) is 46.0 Å². The smallest absolute Gasteiger partial charge is 0.0425 e. The van der Waals surface area contributed by atoms with E-state index in [-0.39, 0.29) is 32.7 Å². The average molecular weight is 235 g/mol. The summed E-state index contributed by atoms with van der Waals surface area (Å²) in [5.41, 5.74) is 0.829. The standard InChI is InChI=1S/C8H6N2O.Y/c1-2-7(6-11)8-5-9-3-4-10-8;/h1-5,11H;/q-2;. The molecule has 4 heteroatoms. The molecule has 0 saturated heterocycles. The van der Waals surface area contributed by atoms with Crippen molar-refractivity contribution in [2.45, 2.75) is 0 Å². The number of allylic oxidation sites excluding steroid dienone is 2. The van der Waals surface area contributed by atoms with Gasteiger partial charge in [-0.1, -0.05) is 0 Å². The van der Waals surface area contributed by atoms with E-state index >= 15 is 0 Å². The van der Waals surface area contributed by atoms with E-state index in [1.165, 1.54) is 24.7 Å². The fourth-order valence-corrected chi connectivity index (χ4v) is 0.618. The molecule has 0 bridgehead atoms. The van der Waals surface area contributed by atoms with E-state index in [0.717, 1.165) is 0 Å². The molecule has 0 aromatic carbocycles. The summed E-state index contributed by atoms with van der Waals surface area (Å²) in [6.07, 6.45) is 7.65. The molecule has 0 aliphatic carbocycles. The molecule has 1 rings (SSSR count). The Kier molecular flexibility index (Phi) is 5.76. The van der Waals surface area contributed by atoms with Gasteiger partial charge in [-0.3, -0.25) is 10.6 Å². The number of hydrogen-bond acceptors (Lipinski definition) is 3. The second kappa shape index (κ2) is 6.03. The van der Waals surface area contributed by atoms with Gasteiger partial charge in [0.1, 0.15) is 0 Å². The van der Waals surface area contributed by atoms with Crippen molar-refractivity contribution >= 4 is 5.57 Å². The minimum Gasteiger partial charge on any atom is -0.594 e. The van der Waals surface area contributed by atoms with Gasteiger partial charge in [-0.05, 0) is 6.20 Å². The molecule has 0 aliphatic heterocycles. The van der Waals surface area contributed by atoms with Crippen LogP contribution in [0.3, 0.4) is 0 Å². The molecule has 0 amide bonds. The fourth-order valence-electron chi connectivity index (χ4n) is 0.618. The maximum atomic E-state index is 8.51. The second-order valence-electron chi connectivity index (χ2n) is 1.78. The van der Waals surface area contributed by atoms with Crippen molar-refractivity contribution in [2.75, 3.05) is 0 Å². The zero-order valence-electron chi connectivity index (χ0n) is 6.31. The molecule has 59 valence electrons. The fraction of sp³-hybridized carbons (Fsp3) is 0. The zero-order valence-corrected chi connectivity index (χ0v) is 9.14. The largest absolute Gasteiger partial charge is 0.594 e. The molecule has 1 heterocycles. The van der Waals surface area contributed by atoms with Crippen LogP contribution < -0.4 is 0 Å². The summed E-state index contributed by atoms with van der Waals surface area (Å²) >= 11 is 0. The van der Waals surface area contributed by atoms with Gasteiger partial charge < -0.3 is 22.7 Å². The van der Waals surface area contributed by atoms with Crippen molar-refractivity contribution in [2.24, 2.45) is 0 Å². The van der Waals surface area contributed by atoms with E-state index in [0.29, 0.717) is 11.3 Å². The van der Waals surface area contributed by atoms with Crippen molar-refractivity contribution < 1.29 is 37.8 Å². The van der Waals surface area contributed by atoms with Gasteiger partial charge in [-0.2, -0.15) is 0 Å². The van der Waals surface area contributed by atoms with Gasteiger partial charge in [-0.25, -0.2) is 0 Å². The SMILES string of the molecule is [CH-]=CC(=[C-]O)c1cnccn1.[Y]. The van der Waals surface area contributed by atoms with Crippen LogP contribution in [0.2, 0.25) is 0 Å². The molecule has 3 nitrogen and oxygen atoms in total. The van der Waals surface area contributed by atoms with Crippen LogP contribution in [0.4, 0.5) is 0 Å². The number of aromatic nitrogens is 2. The summed E-state index contributed by atoms with van der Waals surface area (Å²) in [6, 6.07) is 0. The van der Waals surface area contributed by atoms with E-state index in [9.17, 15) is 0 Å². The Morgan fingerprint density at radius 3 is 2.75 bits per heavy atom. The molecule has 0 spiro atoms. The molecule has 0 unspecified atom stereocenters. The van der Waals surface area contributed by atoms with Gasteiger partial charge in [0.15, 0.2) is 0 Å². The molecular formula is C8H6N2OY-2. The van der Waals surface area contributed by atoms with Crippen molar-refractivity contribution in [3.63, 3.8) is 0 Å². The molecule has 1 aromatic rings. The summed E-state index contributed by atoms with van der Waals surface area (Å²) in [4.78, 5) is 7.68. The molecular weight excluding hydrogens is 229 g/mol. The first kappa shape index (κ1) is 11.5. The van der Waals surface area contributed by atoms with Crippen molar-refractivity contribution in [1.82, 2.24) is 9.97 Å². The van der Waals surface area contributed by atoms with Gasteiger partial charge in [0.2, 0.25) is 0 Å². The first-order chi connectivity index (χ1) is 5.38. The average Bonchev–Trinajstić information content (AvgIpc) is 2.09. The first-order valence-corrected chi connectivity index (χ1v) is 2.97. The van der Waals surface area contributed by atoms with Crippen molar-refractivity contribution in [3.05, 3.63) is 43.2 Å². The van der Waals surface area contributed by atoms with E-state index in [4.69, 9.17) is 11.7 Å². The molecule has 0 aliphatic rings. The third-order valence-electron chi connectivity index (χ3n) is 1.13. The minimum absolute atomic E-state index is 0. The van der Waals surface area contributed by atoms with E-state index in [1.807, 2.05) is 6.26 Å². The van der Waals surface area contributed by atoms with Crippen LogP contribution in [0.5, 0.6) is 0 Å². The van der Waals surface area contributed by atoms with Gasteiger partial charge in [0.25, 0.3) is 0 Å². The van der Waals surface area contributed by atoms with Crippen molar-refractivity contribution in [3.8, 4) is 0 Å². The van der Waals surface area contributed by atoms with Crippen LogP contribution >= 0.6 is 0 Å². The van der Waals surface area contributed by atoms with Gasteiger partial charge in [0, 0.05) is 45.1 Å². The molecule has 1 N–H and O–H groups in total. The summed E-state index contributed by atoms with van der Waals surface area (Å²) in [7, 11) is 0. The Morgan fingerprint density at radius 1 is 1.58 bits per heavy atom. The molecule has 0 fully saturated rings. The summed E-state index contributed by atoms with van der Waals surface area (Å²) in [5, 5.41) is 8.51. The van der Waals surface area contributed by atoms with Crippen molar-refractivity contribution in [1.29, 1.82) is 0 Å².